The average molecular weight is 379 g/mol. The van der Waals surface area contributed by atoms with Crippen LogP contribution in [0.15, 0.2) is 0 Å². The highest BCUT2D eigenvalue weighted by molar-refractivity contribution is 4.68. The molecule has 7 heteroatoms. The van der Waals surface area contributed by atoms with E-state index in [4.69, 9.17) is 33.2 Å². The molecule has 4 atom stereocenters. The zero-order chi connectivity index (χ0) is 19.2. The summed E-state index contributed by atoms with van der Waals surface area (Å²) in [6.45, 7) is 15.2. The van der Waals surface area contributed by atoms with Crippen LogP contribution in [-0.2, 0) is 33.2 Å². The fourth-order valence-electron chi connectivity index (χ4n) is 2.30. The molecule has 0 N–H and O–H groups in total. The Morgan fingerprint density at radius 1 is 0.731 bits per heavy atom. The van der Waals surface area contributed by atoms with Gasteiger partial charge in [-0.1, -0.05) is 0 Å². The summed E-state index contributed by atoms with van der Waals surface area (Å²) in [7, 11) is 0. The minimum Gasteiger partial charge on any atom is -0.376 e. The molecule has 0 bridgehead atoms. The van der Waals surface area contributed by atoms with Crippen molar-refractivity contribution >= 4 is 0 Å². The second-order valence-electron chi connectivity index (χ2n) is 6.66. The lowest BCUT2D eigenvalue weighted by Gasteiger charge is -2.22. The Morgan fingerprint density at radius 2 is 1.23 bits per heavy atom. The van der Waals surface area contributed by atoms with E-state index in [2.05, 4.69) is 0 Å². The molecule has 156 valence electrons. The number of ether oxygens (including phenoxy) is 7. The summed E-state index contributed by atoms with van der Waals surface area (Å²) in [5, 5.41) is 0. The fourth-order valence-corrected chi connectivity index (χ4v) is 2.30. The molecule has 1 fully saturated rings. The highest BCUT2D eigenvalue weighted by Crippen LogP contribution is 2.10. The molecule has 0 aliphatic carbocycles. The highest BCUT2D eigenvalue weighted by Gasteiger charge is 2.23. The SMILES string of the molecule is CCOC(C)COCC(COCC(C)OCC)OCC(C)OCC1CO1. The molecule has 0 amide bonds. The van der Waals surface area contributed by atoms with E-state index in [1.54, 1.807) is 0 Å². The van der Waals surface area contributed by atoms with Gasteiger partial charge in [-0.3, -0.25) is 0 Å². The van der Waals surface area contributed by atoms with E-state index in [1.807, 2.05) is 34.6 Å². The maximum atomic E-state index is 5.94. The maximum absolute atomic E-state index is 5.94. The van der Waals surface area contributed by atoms with E-state index >= 15 is 0 Å². The maximum Gasteiger partial charge on any atom is 0.104 e. The van der Waals surface area contributed by atoms with E-state index in [0.29, 0.717) is 52.9 Å². The average Bonchev–Trinajstić information content (AvgIpc) is 3.42. The number of hydrogen-bond acceptors (Lipinski definition) is 7. The van der Waals surface area contributed by atoms with Gasteiger partial charge in [-0.05, 0) is 34.6 Å². The first-order chi connectivity index (χ1) is 12.5. The minimum atomic E-state index is -0.152. The van der Waals surface area contributed by atoms with Crippen LogP contribution in [0.3, 0.4) is 0 Å². The lowest BCUT2D eigenvalue weighted by Crippen LogP contribution is -2.32. The molecule has 0 radical (unpaired) electrons. The van der Waals surface area contributed by atoms with Crippen molar-refractivity contribution in [3.63, 3.8) is 0 Å². The predicted octanol–water partition coefficient (Wildman–Crippen LogP) is 2.06. The van der Waals surface area contributed by atoms with E-state index in [-0.39, 0.29) is 30.5 Å². The van der Waals surface area contributed by atoms with Gasteiger partial charge >= 0.3 is 0 Å². The van der Waals surface area contributed by atoms with Crippen LogP contribution in [0.2, 0.25) is 0 Å². The van der Waals surface area contributed by atoms with Crippen molar-refractivity contribution in [2.45, 2.75) is 65.1 Å². The summed E-state index contributed by atoms with van der Waals surface area (Å²) in [5.74, 6) is 0. The first-order valence-corrected chi connectivity index (χ1v) is 9.78. The Hall–Kier alpha value is -0.280. The van der Waals surface area contributed by atoms with E-state index in [1.165, 1.54) is 0 Å². The van der Waals surface area contributed by atoms with Crippen LogP contribution in [0.5, 0.6) is 0 Å². The zero-order valence-electron chi connectivity index (χ0n) is 17.1. The monoisotopic (exact) mass is 378 g/mol. The molecule has 0 saturated carbocycles. The molecule has 0 aromatic rings. The fraction of sp³-hybridized carbons (Fsp3) is 1.00. The molecule has 0 spiro atoms. The first-order valence-electron chi connectivity index (χ1n) is 9.78. The standard InChI is InChI=1S/C19H38O7/c1-6-22-15(3)8-20-11-18(12-21-9-16(4)23-7-2)25-10-17(5)24-13-19-14-26-19/h15-19H,6-14H2,1-5H3. The van der Waals surface area contributed by atoms with Crippen molar-refractivity contribution < 1.29 is 33.2 Å². The third-order valence-electron chi connectivity index (χ3n) is 3.75. The number of epoxide rings is 1. The van der Waals surface area contributed by atoms with E-state index < -0.39 is 0 Å². The number of hydrogen-bond donors (Lipinski definition) is 0. The Kier molecular flexibility index (Phi) is 13.5. The van der Waals surface area contributed by atoms with Gasteiger partial charge in [0.1, 0.15) is 12.2 Å². The molecule has 7 nitrogen and oxygen atoms in total. The van der Waals surface area contributed by atoms with Crippen LogP contribution in [-0.4, -0.2) is 90.0 Å². The van der Waals surface area contributed by atoms with Gasteiger partial charge in [-0.2, -0.15) is 0 Å². The zero-order valence-corrected chi connectivity index (χ0v) is 17.1. The smallest absolute Gasteiger partial charge is 0.104 e. The van der Waals surface area contributed by atoms with Gasteiger partial charge in [0.2, 0.25) is 0 Å². The van der Waals surface area contributed by atoms with E-state index in [0.717, 1.165) is 6.61 Å². The summed E-state index contributed by atoms with van der Waals surface area (Å²) >= 11 is 0. The van der Waals surface area contributed by atoms with Gasteiger partial charge in [0.05, 0.1) is 64.6 Å². The summed E-state index contributed by atoms with van der Waals surface area (Å²) in [5.41, 5.74) is 0. The van der Waals surface area contributed by atoms with Crippen LogP contribution in [0.1, 0.15) is 34.6 Å². The molecule has 26 heavy (non-hydrogen) atoms. The van der Waals surface area contributed by atoms with Crippen molar-refractivity contribution in [3.05, 3.63) is 0 Å². The predicted molar refractivity (Wildman–Crippen MR) is 98.7 cm³/mol. The van der Waals surface area contributed by atoms with Gasteiger partial charge in [-0.15, -0.1) is 0 Å². The Morgan fingerprint density at radius 3 is 1.69 bits per heavy atom. The molecule has 0 aromatic carbocycles. The summed E-state index contributed by atoms with van der Waals surface area (Å²) in [6, 6.07) is 0. The van der Waals surface area contributed by atoms with Crippen molar-refractivity contribution in [1.82, 2.24) is 0 Å². The lowest BCUT2D eigenvalue weighted by atomic mass is 10.3. The first kappa shape index (κ1) is 23.8. The van der Waals surface area contributed by atoms with Gasteiger partial charge in [0, 0.05) is 13.2 Å². The Labute approximate surface area is 158 Å². The topological polar surface area (TPSA) is 67.9 Å². The third-order valence-corrected chi connectivity index (χ3v) is 3.75. The summed E-state index contributed by atoms with van der Waals surface area (Å²) < 4.78 is 39.2. The molecule has 1 aliphatic heterocycles. The molecule has 1 saturated heterocycles. The molecule has 0 aromatic heterocycles. The minimum absolute atomic E-state index is 0.00592. The Balaban J connectivity index is 2.25. The molecule has 4 unspecified atom stereocenters. The van der Waals surface area contributed by atoms with Gasteiger partial charge in [0.25, 0.3) is 0 Å². The van der Waals surface area contributed by atoms with Gasteiger partial charge in [0.15, 0.2) is 0 Å². The molecule has 1 rings (SSSR count). The second kappa shape index (κ2) is 14.7. The number of rotatable bonds is 18. The van der Waals surface area contributed by atoms with Crippen molar-refractivity contribution in [1.29, 1.82) is 0 Å². The van der Waals surface area contributed by atoms with Gasteiger partial charge < -0.3 is 33.2 Å². The van der Waals surface area contributed by atoms with Crippen molar-refractivity contribution in [2.24, 2.45) is 0 Å². The summed E-state index contributed by atoms with van der Waals surface area (Å²) in [6.07, 6.45) is 0.257. The summed E-state index contributed by atoms with van der Waals surface area (Å²) in [4.78, 5) is 0. The van der Waals surface area contributed by atoms with Crippen molar-refractivity contribution in [3.8, 4) is 0 Å². The van der Waals surface area contributed by atoms with Crippen molar-refractivity contribution in [2.75, 3.05) is 59.5 Å². The van der Waals surface area contributed by atoms with E-state index in [9.17, 15) is 0 Å². The molecule has 1 heterocycles. The third kappa shape index (κ3) is 13.0. The van der Waals surface area contributed by atoms with Crippen LogP contribution in [0.25, 0.3) is 0 Å². The van der Waals surface area contributed by atoms with Gasteiger partial charge in [-0.25, -0.2) is 0 Å². The van der Waals surface area contributed by atoms with Crippen LogP contribution in [0, 0.1) is 0 Å². The normalized spacial score (nSPS) is 21.3. The van der Waals surface area contributed by atoms with Crippen LogP contribution >= 0.6 is 0 Å². The largest absolute Gasteiger partial charge is 0.376 e. The lowest BCUT2D eigenvalue weighted by molar-refractivity contribution is -0.108. The molecular formula is C19H38O7. The quantitative estimate of drug-likeness (QED) is 0.338. The molecule has 1 aliphatic rings. The van der Waals surface area contributed by atoms with Crippen LogP contribution in [0.4, 0.5) is 0 Å². The highest BCUT2D eigenvalue weighted by atomic mass is 16.6. The second-order valence-corrected chi connectivity index (χ2v) is 6.66. The van der Waals surface area contributed by atoms with Crippen LogP contribution < -0.4 is 0 Å². The Bertz CT molecular complexity index is 307. The molecular weight excluding hydrogens is 340 g/mol.